The van der Waals surface area contributed by atoms with Crippen molar-refractivity contribution in [3.05, 3.63) is 82.4 Å². The topological polar surface area (TPSA) is 0 Å². The van der Waals surface area contributed by atoms with Crippen LogP contribution in [0.5, 0.6) is 0 Å². The number of alkyl halides is 1. The summed E-state index contributed by atoms with van der Waals surface area (Å²) in [6, 6.07) is 19.7. The van der Waals surface area contributed by atoms with Gasteiger partial charge in [0, 0.05) is 0 Å². The first kappa shape index (κ1) is 14.3. The van der Waals surface area contributed by atoms with E-state index in [9.17, 15) is 0 Å². The van der Waals surface area contributed by atoms with Crippen LogP contribution in [0.1, 0.15) is 32.6 Å². The van der Waals surface area contributed by atoms with Crippen LogP contribution in [-0.4, -0.2) is 0 Å². The summed E-state index contributed by atoms with van der Waals surface area (Å²) in [6.07, 6.45) is 0. The fourth-order valence-corrected chi connectivity index (χ4v) is 4.13. The molecule has 0 saturated heterocycles. The van der Waals surface area contributed by atoms with E-state index < -0.39 is 0 Å². The van der Waals surface area contributed by atoms with Crippen LogP contribution in [0.4, 0.5) is 0 Å². The van der Waals surface area contributed by atoms with Crippen LogP contribution >= 0.6 is 15.9 Å². The minimum atomic E-state index is 0.239. The normalized spacial score (nSPS) is 12.6. The van der Waals surface area contributed by atoms with E-state index in [-0.39, 0.29) is 4.83 Å². The van der Waals surface area contributed by atoms with Gasteiger partial charge in [0.1, 0.15) is 0 Å². The second-order valence-corrected chi connectivity index (χ2v) is 6.70. The molecule has 0 N–H and O–H groups in total. The van der Waals surface area contributed by atoms with Crippen molar-refractivity contribution in [2.45, 2.75) is 25.6 Å². The second-order valence-electron chi connectivity index (χ2n) is 5.78. The molecule has 0 aliphatic heterocycles. The predicted octanol–water partition coefficient (Wildman–Crippen LogP) is 6.25. The van der Waals surface area contributed by atoms with E-state index in [0.717, 1.165) is 0 Å². The smallest absolute Gasteiger partial charge is 0.0649 e. The Hall–Kier alpha value is -1.60. The van der Waals surface area contributed by atoms with Crippen LogP contribution in [-0.2, 0) is 0 Å². The maximum Gasteiger partial charge on any atom is 0.0649 e. The van der Waals surface area contributed by atoms with Gasteiger partial charge >= 0.3 is 0 Å². The Labute approximate surface area is 134 Å². The van der Waals surface area contributed by atoms with Gasteiger partial charge in [-0.25, -0.2) is 0 Å². The lowest BCUT2D eigenvalue weighted by molar-refractivity contribution is 1.10. The minimum absolute atomic E-state index is 0.239. The van der Waals surface area contributed by atoms with Gasteiger partial charge in [0.05, 0.1) is 4.83 Å². The van der Waals surface area contributed by atoms with E-state index in [4.69, 9.17) is 0 Å². The van der Waals surface area contributed by atoms with E-state index >= 15 is 0 Å². The molecule has 0 aromatic heterocycles. The van der Waals surface area contributed by atoms with Crippen LogP contribution in [0, 0.1) is 20.8 Å². The van der Waals surface area contributed by atoms with E-state index in [1.807, 2.05) is 0 Å². The summed E-state index contributed by atoms with van der Waals surface area (Å²) in [5.41, 5.74) is 6.72. The molecule has 0 radical (unpaired) electrons. The predicted molar refractivity (Wildman–Crippen MR) is 95.4 cm³/mol. The van der Waals surface area contributed by atoms with Crippen LogP contribution < -0.4 is 0 Å². The van der Waals surface area contributed by atoms with Crippen molar-refractivity contribution in [1.29, 1.82) is 0 Å². The van der Waals surface area contributed by atoms with E-state index in [0.29, 0.717) is 0 Å². The molecule has 3 aromatic carbocycles. The first-order valence-electron chi connectivity index (χ1n) is 7.27. The number of halogens is 1. The average molecular weight is 339 g/mol. The zero-order valence-electron chi connectivity index (χ0n) is 12.7. The quantitative estimate of drug-likeness (QED) is 0.484. The molecule has 0 amide bonds. The first-order chi connectivity index (χ1) is 10.1. The van der Waals surface area contributed by atoms with Gasteiger partial charge in [0.2, 0.25) is 0 Å². The monoisotopic (exact) mass is 338 g/mol. The molecule has 21 heavy (non-hydrogen) atoms. The fraction of sp³-hybridized carbons (Fsp3) is 0.200. The average Bonchev–Trinajstić information content (AvgIpc) is 2.45. The Kier molecular flexibility index (Phi) is 3.86. The number of benzene rings is 3. The van der Waals surface area contributed by atoms with Crippen LogP contribution in [0.2, 0.25) is 0 Å². The van der Waals surface area contributed by atoms with Gasteiger partial charge in [-0.2, -0.15) is 0 Å². The van der Waals surface area contributed by atoms with Crippen molar-refractivity contribution in [2.24, 2.45) is 0 Å². The number of aryl methyl sites for hydroxylation is 3. The van der Waals surface area contributed by atoms with Crippen LogP contribution in [0.15, 0.2) is 54.6 Å². The standard InChI is InChI=1S/C20H19Br/c1-13-10-14(2)19(15(3)11-13)20(21)18-9-8-16-6-4-5-7-17(16)12-18/h4-12,20H,1-3H3. The SMILES string of the molecule is Cc1cc(C)c(C(Br)c2ccc3ccccc3c2)c(C)c1. The molecule has 0 aliphatic carbocycles. The molecular formula is C20H19Br. The van der Waals surface area contributed by atoms with Crippen molar-refractivity contribution in [2.75, 3.05) is 0 Å². The molecule has 0 bridgehead atoms. The third kappa shape index (κ3) is 2.75. The van der Waals surface area contributed by atoms with Gasteiger partial charge in [0.15, 0.2) is 0 Å². The third-order valence-electron chi connectivity index (χ3n) is 4.06. The first-order valence-corrected chi connectivity index (χ1v) is 8.18. The minimum Gasteiger partial charge on any atom is -0.0786 e. The van der Waals surface area contributed by atoms with Crippen LogP contribution in [0.25, 0.3) is 10.8 Å². The summed E-state index contributed by atoms with van der Waals surface area (Å²) in [6.45, 7) is 6.55. The fourth-order valence-electron chi connectivity index (χ4n) is 3.12. The lowest BCUT2D eigenvalue weighted by atomic mass is 9.93. The number of hydrogen-bond acceptors (Lipinski definition) is 0. The Balaban J connectivity index is 2.10. The van der Waals surface area contributed by atoms with Crippen molar-refractivity contribution in [3.63, 3.8) is 0 Å². The summed E-state index contributed by atoms with van der Waals surface area (Å²) in [7, 11) is 0. The highest BCUT2D eigenvalue weighted by atomic mass is 79.9. The number of rotatable bonds is 2. The maximum absolute atomic E-state index is 3.91. The molecule has 0 fully saturated rings. The summed E-state index contributed by atoms with van der Waals surface area (Å²) in [4.78, 5) is 0.239. The summed E-state index contributed by atoms with van der Waals surface area (Å²) in [5.74, 6) is 0. The summed E-state index contributed by atoms with van der Waals surface area (Å²) in [5, 5.41) is 2.58. The second kappa shape index (κ2) is 5.65. The Bertz CT molecular complexity index is 779. The molecule has 3 rings (SSSR count). The Morgan fingerprint density at radius 2 is 1.38 bits per heavy atom. The largest absolute Gasteiger partial charge is 0.0786 e. The zero-order valence-corrected chi connectivity index (χ0v) is 14.2. The molecule has 1 atom stereocenters. The molecule has 1 unspecified atom stereocenters. The maximum atomic E-state index is 3.91. The molecule has 0 nitrogen and oxygen atoms in total. The molecular weight excluding hydrogens is 320 g/mol. The Morgan fingerprint density at radius 3 is 2.05 bits per heavy atom. The molecule has 0 aliphatic rings. The van der Waals surface area contributed by atoms with Gasteiger partial charge in [-0.05, 0) is 59.9 Å². The van der Waals surface area contributed by atoms with Crippen molar-refractivity contribution >= 4 is 26.7 Å². The molecule has 0 saturated carbocycles. The van der Waals surface area contributed by atoms with E-state index in [2.05, 4.69) is 91.3 Å². The lowest BCUT2D eigenvalue weighted by Crippen LogP contribution is -2.00. The van der Waals surface area contributed by atoms with E-state index in [1.165, 1.54) is 38.6 Å². The third-order valence-corrected chi connectivity index (χ3v) is 5.04. The molecule has 3 aromatic rings. The summed E-state index contributed by atoms with van der Waals surface area (Å²) < 4.78 is 0. The molecule has 106 valence electrons. The van der Waals surface area contributed by atoms with Gasteiger partial charge < -0.3 is 0 Å². The van der Waals surface area contributed by atoms with E-state index in [1.54, 1.807) is 0 Å². The van der Waals surface area contributed by atoms with Gasteiger partial charge in [0.25, 0.3) is 0 Å². The van der Waals surface area contributed by atoms with Crippen molar-refractivity contribution in [3.8, 4) is 0 Å². The van der Waals surface area contributed by atoms with Crippen molar-refractivity contribution < 1.29 is 0 Å². The molecule has 0 heterocycles. The van der Waals surface area contributed by atoms with Crippen molar-refractivity contribution in [1.82, 2.24) is 0 Å². The lowest BCUT2D eigenvalue weighted by Gasteiger charge is -2.18. The Morgan fingerprint density at radius 1 is 0.762 bits per heavy atom. The zero-order chi connectivity index (χ0) is 15.0. The summed E-state index contributed by atoms with van der Waals surface area (Å²) >= 11 is 3.91. The highest BCUT2D eigenvalue weighted by Crippen LogP contribution is 2.36. The number of fused-ring (bicyclic) bond motifs is 1. The molecule has 0 spiro atoms. The number of hydrogen-bond donors (Lipinski definition) is 0. The van der Waals surface area contributed by atoms with Gasteiger partial charge in [-0.1, -0.05) is 70.0 Å². The van der Waals surface area contributed by atoms with Gasteiger partial charge in [-0.3, -0.25) is 0 Å². The van der Waals surface area contributed by atoms with Gasteiger partial charge in [-0.15, -0.1) is 0 Å². The highest BCUT2D eigenvalue weighted by Gasteiger charge is 2.16. The molecule has 1 heteroatoms. The highest BCUT2D eigenvalue weighted by molar-refractivity contribution is 9.09. The van der Waals surface area contributed by atoms with Crippen LogP contribution in [0.3, 0.4) is 0 Å².